The lowest BCUT2D eigenvalue weighted by molar-refractivity contribution is 0.156. The summed E-state index contributed by atoms with van der Waals surface area (Å²) in [7, 11) is 0. The molecular weight excluding hydrogens is 212 g/mol. The van der Waals surface area contributed by atoms with Crippen LogP contribution in [0.1, 0.15) is 18.1 Å². The number of aliphatic hydroxyl groups is 1. The van der Waals surface area contributed by atoms with E-state index in [2.05, 4.69) is 0 Å². The van der Waals surface area contributed by atoms with E-state index in [1.165, 1.54) is 0 Å². The van der Waals surface area contributed by atoms with E-state index < -0.39 is 0 Å². The molecule has 88 valence electrons. The van der Waals surface area contributed by atoms with Crippen molar-refractivity contribution in [1.82, 2.24) is 0 Å². The van der Waals surface area contributed by atoms with Crippen LogP contribution in [0.15, 0.2) is 60.7 Å². The number of hydrogen-bond acceptors (Lipinski definition) is 2. The van der Waals surface area contributed by atoms with E-state index in [0.29, 0.717) is 6.42 Å². The van der Waals surface area contributed by atoms with Gasteiger partial charge in [0.25, 0.3) is 0 Å². The number of ether oxygens (including phenoxy) is 1. The first kappa shape index (κ1) is 11.7. The maximum Gasteiger partial charge on any atom is 0.126 e. The lowest BCUT2D eigenvalue weighted by atomic mass is 10.1. The van der Waals surface area contributed by atoms with Crippen LogP contribution in [0.4, 0.5) is 0 Å². The molecule has 0 aromatic heterocycles. The van der Waals surface area contributed by atoms with Crippen molar-refractivity contribution in [2.45, 2.75) is 12.5 Å². The van der Waals surface area contributed by atoms with Crippen molar-refractivity contribution in [2.75, 3.05) is 6.61 Å². The summed E-state index contributed by atoms with van der Waals surface area (Å²) < 4.78 is 5.88. The summed E-state index contributed by atoms with van der Waals surface area (Å²) in [5.41, 5.74) is 1.09. The molecule has 2 aromatic rings. The van der Waals surface area contributed by atoms with Gasteiger partial charge in [-0.15, -0.1) is 0 Å². The van der Waals surface area contributed by atoms with Crippen molar-refractivity contribution >= 4 is 0 Å². The largest absolute Gasteiger partial charge is 0.486 e. The van der Waals surface area contributed by atoms with Gasteiger partial charge in [0.15, 0.2) is 0 Å². The van der Waals surface area contributed by atoms with E-state index in [-0.39, 0.29) is 12.7 Å². The van der Waals surface area contributed by atoms with Crippen molar-refractivity contribution in [1.29, 1.82) is 0 Å². The summed E-state index contributed by atoms with van der Waals surface area (Å²) in [6.07, 6.45) is 0.502. The van der Waals surface area contributed by atoms with Crippen LogP contribution in [0.3, 0.4) is 0 Å². The molecule has 2 nitrogen and oxygen atoms in total. The van der Waals surface area contributed by atoms with Gasteiger partial charge >= 0.3 is 0 Å². The van der Waals surface area contributed by atoms with Gasteiger partial charge in [-0.05, 0) is 17.7 Å². The maximum atomic E-state index is 9.10. The van der Waals surface area contributed by atoms with Crippen molar-refractivity contribution in [2.24, 2.45) is 0 Å². The van der Waals surface area contributed by atoms with Gasteiger partial charge in [0.2, 0.25) is 0 Å². The second-order valence-electron chi connectivity index (χ2n) is 3.84. The third-order valence-corrected chi connectivity index (χ3v) is 2.58. The Kier molecular flexibility index (Phi) is 4.17. The highest BCUT2D eigenvalue weighted by atomic mass is 16.5. The molecule has 2 rings (SSSR count). The first-order valence-electron chi connectivity index (χ1n) is 5.77. The molecule has 0 radical (unpaired) electrons. The minimum atomic E-state index is -0.0939. The van der Waals surface area contributed by atoms with Gasteiger partial charge in [-0.1, -0.05) is 48.5 Å². The molecule has 0 spiro atoms. The molecule has 0 saturated heterocycles. The quantitative estimate of drug-likeness (QED) is 0.851. The predicted octanol–water partition coefficient (Wildman–Crippen LogP) is 3.19. The van der Waals surface area contributed by atoms with E-state index in [4.69, 9.17) is 9.84 Å². The Labute approximate surface area is 101 Å². The molecule has 0 bridgehead atoms. The maximum absolute atomic E-state index is 9.10. The first-order valence-corrected chi connectivity index (χ1v) is 5.77. The summed E-state index contributed by atoms with van der Waals surface area (Å²) in [6.45, 7) is 0.117. The van der Waals surface area contributed by atoms with E-state index >= 15 is 0 Å². The highest BCUT2D eigenvalue weighted by Gasteiger charge is 2.12. The Balaban J connectivity index is 2.13. The fraction of sp³-hybridized carbons (Fsp3) is 0.200. The Bertz CT molecular complexity index is 425. The van der Waals surface area contributed by atoms with Crippen LogP contribution < -0.4 is 4.74 Å². The number of benzene rings is 2. The first-order chi connectivity index (χ1) is 8.40. The molecule has 0 unspecified atom stereocenters. The van der Waals surface area contributed by atoms with Crippen molar-refractivity contribution < 1.29 is 9.84 Å². The zero-order valence-corrected chi connectivity index (χ0v) is 9.62. The van der Waals surface area contributed by atoms with Crippen LogP contribution in [0.2, 0.25) is 0 Å². The van der Waals surface area contributed by atoms with E-state index in [0.717, 1.165) is 11.3 Å². The second kappa shape index (κ2) is 6.06. The van der Waals surface area contributed by atoms with Crippen LogP contribution in [-0.4, -0.2) is 11.7 Å². The molecule has 0 saturated carbocycles. The van der Waals surface area contributed by atoms with Crippen LogP contribution in [0.5, 0.6) is 5.75 Å². The Morgan fingerprint density at radius 3 is 2.06 bits per heavy atom. The number of aliphatic hydroxyl groups excluding tert-OH is 1. The summed E-state index contributed by atoms with van der Waals surface area (Å²) in [5.74, 6) is 0.829. The normalized spacial score (nSPS) is 12.1. The number of rotatable bonds is 5. The summed E-state index contributed by atoms with van der Waals surface area (Å²) >= 11 is 0. The van der Waals surface area contributed by atoms with Crippen LogP contribution in [0, 0.1) is 0 Å². The summed E-state index contributed by atoms with van der Waals surface area (Å²) in [4.78, 5) is 0. The van der Waals surface area contributed by atoms with Gasteiger partial charge in [0.05, 0.1) is 0 Å². The van der Waals surface area contributed by atoms with E-state index in [1.54, 1.807) is 0 Å². The molecule has 0 heterocycles. The Morgan fingerprint density at radius 1 is 0.882 bits per heavy atom. The Hall–Kier alpha value is -1.80. The van der Waals surface area contributed by atoms with Crippen LogP contribution in [-0.2, 0) is 0 Å². The molecule has 2 aromatic carbocycles. The zero-order chi connectivity index (χ0) is 11.9. The van der Waals surface area contributed by atoms with Gasteiger partial charge in [-0.25, -0.2) is 0 Å². The molecule has 0 aliphatic rings. The average Bonchev–Trinajstić information content (AvgIpc) is 2.40. The van der Waals surface area contributed by atoms with E-state index in [1.807, 2.05) is 60.7 Å². The fourth-order valence-electron chi connectivity index (χ4n) is 1.74. The average molecular weight is 228 g/mol. The minimum Gasteiger partial charge on any atom is -0.486 e. The smallest absolute Gasteiger partial charge is 0.126 e. The SMILES string of the molecule is OCC[C@@H](Oc1ccccc1)c1ccccc1. The molecule has 0 amide bonds. The lowest BCUT2D eigenvalue weighted by Gasteiger charge is -2.18. The standard InChI is InChI=1S/C15H16O2/c16-12-11-15(13-7-3-1-4-8-13)17-14-9-5-2-6-10-14/h1-10,15-16H,11-12H2/t15-/m1/s1. The van der Waals surface area contributed by atoms with Crippen molar-refractivity contribution in [3.8, 4) is 5.75 Å². The second-order valence-corrected chi connectivity index (χ2v) is 3.84. The molecule has 0 aliphatic heterocycles. The minimum absolute atomic E-state index is 0.0939. The topological polar surface area (TPSA) is 29.5 Å². The lowest BCUT2D eigenvalue weighted by Crippen LogP contribution is -2.09. The van der Waals surface area contributed by atoms with Gasteiger partial charge < -0.3 is 9.84 Å². The molecule has 2 heteroatoms. The van der Waals surface area contributed by atoms with Crippen LogP contribution >= 0.6 is 0 Å². The zero-order valence-electron chi connectivity index (χ0n) is 9.62. The number of hydrogen-bond donors (Lipinski definition) is 1. The fourth-order valence-corrected chi connectivity index (χ4v) is 1.74. The summed E-state index contributed by atoms with van der Waals surface area (Å²) in [5, 5.41) is 9.10. The highest BCUT2D eigenvalue weighted by Crippen LogP contribution is 2.24. The van der Waals surface area contributed by atoms with Gasteiger partial charge in [0, 0.05) is 13.0 Å². The molecule has 0 aliphatic carbocycles. The third-order valence-electron chi connectivity index (χ3n) is 2.58. The molecule has 17 heavy (non-hydrogen) atoms. The number of para-hydroxylation sites is 1. The van der Waals surface area contributed by atoms with Crippen molar-refractivity contribution in [3.05, 3.63) is 66.2 Å². The predicted molar refractivity (Wildman–Crippen MR) is 68.0 cm³/mol. The van der Waals surface area contributed by atoms with Crippen LogP contribution in [0.25, 0.3) is 0 Å². The van der Waals surface area contributed by atoms with Crippen molar-refractivity contribution in [3.63, 3.8) is 0 Å². The Morgan fingerprint density at radius 2 is 1.47 bits per heavy atom. The van der Waals surface area contributed by atoms with E-state index in [9.17, 15) is 0 Å². The highest BCUT2D eigenvalue weighted by molar-refractivity contribution is 5.24. The molecule has 1 N–H and O–H groups in total. The summed E-state index contributed by atoms with van der Waals surface area (Å²) in [6, 6.07) is 19.7. The van der Waals surface area contributed by atoms with Gasteiger partial charge in [-0.3, -0.25) is 0 Å². The molecule has 1 atom stereocenters. The molecule has 0 fully saturated rings. The van der Waals surface area contributed by atoms with Gasteiger partial charge in [0.1, 0.15) is 11.9 Å². The molecular formula is C15H16O2. The third kappa shape index (κ3) is 3.33. The van der Waals surface area contributed by atoms with Gasteiger partial charge in [-0.2, -0.15) is 0 Å². The monoisotopic (exact) mass is 228 g/mol.